The Morgan fingerprint density at radius 3 is 2.67 bits per heavy atom. The maximum absolute atomic E-state index is 12.4. The average molecular weight is 324 g/mol. The van der Waals surface area contributed by atoms with Gasteiger partial charge in [0.2, 0.25) is 5.91 Å². The molecule has 2 fully saturated rings. The number of likely N-dealkylation sites (tertiary alicyclic amines) is 1. The normalized spacial score (nSPS) is 22.2. The molecule has 0 spiro atoms. The molecule has 1 atom stereocenters. The molecule has 1 amide bonds. The molecule has 24 heavy (non-hydrogen) atoms. The summed E-state index contributed by atoms with van der Waals surface area (Å²) in [4.78, 5) is 18.8. The summed E-state index contributed by atoms with van der Waals surface area (Å²) >= 11 is 0. The molecule has 1 aliphatic heterocycles. The van der Waals surface area contributed by atoms with Crippen molar-refractivity contribution < 1.29 is 4.79 Å². The lowest BCUT2D eigenvalue weighted by Crippen LogP contribution is -2.28. The van der Waals surface area contributed by atoms with Crippen molar-refractivity contribution in [2.24, 2.45) is 0 Å². The Balaban J connectivity index is 1.46. The molecule has 0 radical (unpaired) electrons. The summed E-state index contributed by atoms with van der Waals surface area (Å²) in [5.41, 5.74) is 1.25. The lowest BCUT2D eigenvalue weighted by Gasteiger charge is -2.24. The number of nitrogens with zero attached hydrogens (tertiary/aromatic N) is 4. The molecular formula is C19H24N4O. The van der Waals surface area contributed by atoms with E-state index in [1.807, 2.05) is 23.1 Å². The van der Waals surface area contributed by atoms with Crippen LogP contribution < -0.4 is 0 Å². The summed E-state index contributed by atoms with van der Waals surface area (Å²) in [5, 5.41) is 4.45. The highest BCUT2D eigenvalue weighted by Crippen LogP contribution is 2.31. The van der Waals surface area contributed by atoms with Crippen molar-refractivity contribution in [1.82, 2.24) is 19.7 Å². The van der Waals surface area contributed by atoms with Crippen molar-refractivity contribution in [2.75, 3.05) is 6.54 Å². The molecule has 4 rings (SSSR count). The predicted molar refractivity (Wildman–Crippen MR) is 91.4 cm³/mol. The summed E-state index contributed by atoms with van der Waals surface area (Å²) in [6, 6.07) is 10.8. The minimum absolute atomic E-state index is 0.224. The monoisotopic (exact) mass is 324 g/mol. The summed E-state index contributed by atoms with van der Waals surface area (Å²) in [5.74, 6) is 1.45. The van der Waals surface area contributed by atoms with E-state index < -0.39 is 0 Å². The quantitative estimate of drug-likeness (QED) is 0.867. The van der Waals surface area contributed by atoms with Gasteiger partial charge >= 0.3 is 0 Å². The van der Waals surface area contributed by atoms with Gasteiger partial charge in [-0.3, -0.25) is 4.79 Å². The van der Waals surface area contributed by atoms with Gasteiger partial charge in [-0.05, 0) is 18.4 Å². The topological polar surface area (TPSA) is 51.0 Å². The van der Waals surface area contributed by atoms with E-state index in [0.717, 1.165) is 12.4 Å². The Kier molecular flexibility index (Phi) is 4.32. The van der Waals surface area contributed by atoms with Crippen LogP contribution in [0.2, 0.25) is 0 Å². The molecule has 1 saturated carbocycles. The van der Waals surface area contributed by atoms with E-state index in [-0.39, 0.29) is 5.91 Å². The van der Waals surface area contributed by atoms with Gasteiger partial charge < -0.3 is 4.90 Å². The summed E-state index contributed by atoms with van der Waals surface area (Å²) in [6.45, 7) is 1.36. The van der Waals surface area contributed by atoms with Gasteiger partial charge in [0.05, 0.1) is 12.6 Å². The Morgan fingerprint density at radius 2 is 1.88 bits per heavy atom. The zero-order valence-corrected chi connectivity index (χ0v) is 14.0. The van der Waals surface area contributed by atoms with Crippen molar-refractivity contribution in [3.05, 3.63) is 48.0 Å². The van der Waals surface area contributed by atoms with Gasteiger partial charge in [0, 0.05) is 18.9 Å². The largest absolute Gasteiger partial charge is 0.335 e. The third-order valence-corrected chi connectivity index (χ3v) is 5.39. The van der Waals surface area contributed by atoms with Gasteiger partial charge in [-0.15, -0.1) is 0 Å². The van der Waals surface area contributed by atoms with E-state index in [0.29, 0.717) is 24.9 Å². The molecule has 2 aromatic rings. The van der Waals surface area contributed by atoms with Crippen LogP contribution in [0, 0.1) is 0 Å². The molecule has 0 bridgehead atoms. The van der Waals surface area contributed by atoms with Crippen LogP contribution in [0.5, 0.6) is 0 Å². The van der Waals surface area contributed by atoms with Crippen molar-refractivity contribution in [1.29, 1.82) is 0 Å². The van der Waals surface area contributed by atoms with Crippen molar-refractivity contribution in [2.45, 2.75) is 57.0 Å². The second-order valence-corrected chi connectivity index (χ2v) is 7.00. The molecular weight excluding hydrogens is 300 g/mol. The Bertz CT molecular complexity index is 690. The Labute approximate surface area is 142 Å². The van der Waals surface area contributed by atoms with Crippen molar-refractivity contribution >= 4 is 5.91 Å². The van der Waals surface area contributed by atoms with E-state index in [1.165, 1.54) is 37.7 Å². The minimum Gasteiger partial charge on any atom is -0.335 e. The average Bonchev–Trinajstić information content (AvgIpc) is 3.24. The molecule has 5 heteroatoms. The third-order valence-electron chi connectivity index (χ3n) is 5.39. The highest BCUT2D eigenvalue weighted by atomic mass is 16.2. The number of benzene rings is 1. The Morgan fingerprint density at radius 1 is 1.08 bits per heavy atom. The van der Waals surface area contributed by atoms with Crippen LogP contribution in [0.4, 0.5) is 0 Å². The molecule has 126 valence electrons. The van der Waals surface area contributed by atoms with Gasteiger partial charge in [0.1, 0.15) is 12.2 Å². The molecule has 1 aromatic carbocycles. The minimum atomic E-state index is 0.224. The van der Waals surface area contributed by atoms with Gasteiger partial charge in [-0.2, -0.15) is 5.10 Å². The summed E-state index contributed by atoms with van der Waals surface area (Å²) in [6.07, 6.45) is 8.45. The molecule has 1 saturated heterocycles. The van der Waals surface area contributed by atoms with Gasteiger partial charge in [-0.25, -0.2) is 9.67 Å². The molecule has 2 heterocycles. The second-order valence-electron chi connectivity index (χ2n) is 7.00. The fourth-order valence-electron chi connectivity index (χ4n) is 4.06. The van der Waals surface area contributed by atoms with E-state index in [9.17, 15) is 4.79 Å². The van der Waals surface area contributed by atoms with Crippen LogP contribution in [0.1, 0.15) is 61.9 Å². The predicted octanol–water partition coefficient (Wildman–Crippen LogP) is 3.30. The van der Waals surface area contributed by atoms with Crippen LogP contribution >= 0.6 is 0 Å². The fourth-order valence-corrected chi connectivity index (χ4v) is 4.06. The maximum atomic E-state index is 12.4. The number of hydrogen-bond donors (Lipinski definition) is 0. The Hall–Kier alpha value is -2.17. The zero-order valence-electron chi connectivity index (χ0n) is 14.0. The molecule has 1 aliphatic carbocycles. The van der Waals surface area contributed by atoms with Gasteiger partial charge in [0.15, 0.2) is 0 Å². The highest BCUT2D eigenvalue weighted by molar-refractivity contribution is 5.79. The van der Waals surface area contributed by atoms with E-state index in [4.69, 9.17) is 0 Å². The van der Waals surface area contributed by atoms with Gasteiger partial charge in [-0.1, -0.05) is 49.6 Å². The second kappa shape index (κ2) is 6.75. The van der Waals surface area contributed by atoms with Crippen LogP contribution in [-0.4, -0.2) is 32.1 Å². The number of aromatic nitrogens is 3. The summed E-state index contributed by atoms with van der Waals surface area (Å²) in [7, 11) is 0. The first-order chi connectivity index (χ1) is 11.8. The first-order valence-electron chi connectivity index (χ1n) is 9.02. The number of hydrogen-bond acceptors (Lipinski definition) is 3. The fraction of sp³-hybridized carbons (Fsp3) is 0.526. The van der Waals surface area contributed by atoms with E-state index >= 15 is 0 Å². The number of carbonyl (C=O) groups is 1. The number of amides is 1. The molecule has 2 aliphatic rings. The molecule has 1 aromatic heterocycles. The SMILES string of the molecule is O=C1C[C@@H](c2ccccc2)CN1Cc1ncnn1C1CCCCC1. The first-order valence-corrected chi connectivity index (χ1v) is 9.02. The lowest BCUT2D eigenvalue weighted by molar-refractivity contribution is -0.128. The first kappa shape index (κ1) is 15.4. The van der Waals surface area contributed by atoms with Gasteiger partial charge in [0.25, 0.3) is 0 Å². The smallest absolute Gasteiger partial charge is 0.223 e. The van der Waals surface area contributed by atoms with E-state index in [1.54, 1.807) is 6.33 Å². The van der Waals surface area contributed by atoms with Crippen LogP contribution in [0.3, 0.4) is 0 Å². The lowest BCUT2D eigenvalue weighted by atomic mass is 9.95. The highest BCUT2D eigenvalue weighted by Gasteiger charge is 2.32. The van der Waals surface area contributed by atoms with Crippen LogP contribution in [-0.2, 0) is 11.3 Å². The van der Waals surface area contributed by atoms with Crippen molar-refractivity contribution in [3.63, 3.8) is 0 Å². The molecule has 0 unspecified atom stereocenters. The van der Waals surface area contributed by atoms with Crippen LogP contribution in [0.15, 0.2) is 36.7 Å². The summed E-state index contributed by atoms with van der Waals surface area (Å²) < 4.78 is 2.07. The van der Waals surface area contributed by atoms with Crippen LogP contribution in [0.25, 0.3) is 0 Å². The molecule has 5 nitrogen and oxygen atoms in total. The third kappa shape index (κ3) is 3.07. The number of rotatable bonds is 4. The van der Waals surface area contributed by atoms with E-state index in [2.05, 4.69) is 26.9 Å². The zero-order chi connectivity index (χ0) is 16.4. The molecule has 0 N–H and O–H groups in total. The van der Waals surface area contributed by atoms with Crippen molar-refractivity contribution in [3.8, 4) is 0 Å². The standard InChI is InChI=1S/C19H24N4O/c24-19-11-16(15-7-3-1-4-8-15)12-22(19)13-18-20-14-21-23(18)17-9-5-2-6-10-17/h1,3-4,7-8,14,16-17H,2,5-6,9-13H2/t16-/m1/s1. The number of carbonyl (C=O) groups excluding carboxylic acids is 1. The maximum Gasteiger partial charge on any atom is 0.223 e.